The van der Waals surface area contributed by atoms with Crippen LogP contribution in [0, 0.1) is 17.8 Å². The van der Waals surface area contributed by atoms with E-state index in [-0.39, 0.29) is 12.3 Å². The number of hydrogen-bond acceptors (Lipinski definition) is 0. The highest BCUT2D eigenvalue weighted by Gasteiger charge is 2.55. The maximum absolute atomic E-state index is 12.8. The Labute approximate surface area is 59.6 Å². The molecule has 0 N–H and O–H groups in total. The van der Waals surface area contributed by atoms with E-state index >= 15 is 0 Å². The fourth-order valence-corrected chi connectivity index (χ4v) is 2.48. The second-order valence-corrected chi connectivity index (χ2v) is 3.87. The first-order chi connectivity index (χ1) is 4.59. The van der Waals surface area contributed by atoms with Crippen molar-refractivity contribution >= 4 is 0 Å². The third-order valence-corrected chi connectivity index (χ3v) is 3.18. The predicted molar refractivity (Wildman–Crippen MR) is 34.9 cm³/mol. The molecule has 2 saturated carbocycles. The molecule has 58 valence electrons. The van der Waals surface area contributed by atoms with Crippen LogP contribution in [0.15, 0.2) is 0 Å². The minimum atomic E-state index is -2.31. The summed E-state index contributed by atoms with van der Waals surface area (Å²) in [6.07, 6.45) is 1.71. The number of fused-ring (bicyclic) bond motifs is 2. The molecule has 0 heterocycles. The van der Waals surface area contributed by atoms with E-state index in [1.165, 1.54) is 0 Å². The van der Waals surface area contributed by atoms with Crippen molar-refractivity contribution in [1.29, 1.82) is 0 Å². The van der Waals surface area contributed by atoms with E-state index < -0.39 is 5.92 Å². The second kappa shape index (κ2) is 1.72. The third-order valence-electron chi connectivity index (χ3n) is 3.18. The zero-order valence-corrected chi connectivity index (χ0v) is 6.11. The van der Waals surface area contributed by atoms with Crippen LogP contribution in [0.1, 0.15) is 26.2 Å². The Kier molecular flexibility index (Phi) is 1.13. The molecule has 0 amide bonds. The fraction of sp³-hybridized carbons (Fsp3) is 1.00. The lowest BCUT2D eigenvalue weighted by atomic mass is 9.88. The van der Waals surface area contributed by atoms with E-state index in [4.69, 9.17) is 0 Å². The Morgan fingerprint density at radius 2 is 2.00 bits per heavy atom. The molecule has 0 aliphatic heterocycles. The number of hydrogen-bond donors (Lipinski definition) is 0. The van der Waals surface area contributed by atoms with Crippen molar-refractivity contribution in [3.05, 3.63) is 0 Å². The Morgan fingerprint density at radius 1 is 1.30 bits per heavy atom. The molecule has 2 aliphatic carbocycles. The van der Waals surface area contributed by atoms with Gasteiger partial charge < -0.3 is 0 Å². The van der Waals surface area contributed by atoms with Crippen LogP contribution in [0.5, 0.6) is 0 Å². The summed E-state index contributed by atoms with van der Waals surface area (Å²) < 4.78 is 25.6. The standard InChI is InChI=1S/C8H12F2/c1-5-2-7-3-6(5)4-8(7,9)10/h5-7H,2-4H2,1H3. The molecule has 2 heteroatoms. The molecular formula is C8H12F2. The minimum absolute atomic E-state index is 0.166. The highest BCUT2D eigenvalue weighted by atomic mass is 19.3. The average Bonchev–Trinajstić information content (AvgIpc) is 2.21. The molecule has 3 atom stereocenters. The van der Waals surface area contributed by atoms with Gasteiger partial charge in [-0.2, -0.15) is 0 Å². The maximum Gasteiger partial charge on any atom is 0.251 e. The molecule has 0 aromatic heterocycles. The van der Waals surface area contributed by atoms with Gasteiger partial charge in [-0.25, -0.2) is 8.78 Å². The summed E-state index contributed by atoms with van der Waals surface area (Å²) in [6, 6.07) is 0. The number of alkyl halides is 2. The van der Waals surface area contributed by atoms with E-state index in [9.17, 15) is 8.78 Å². The Morgan fingerprint density at radius 3 is 2.30 bits per heavy atom. The molecular weight excluding hydrogens is 134 g/mol. The van der Waals surface area contributed by atoms with Gasteiger partial charge in [0.15, 0.2) is 0 Å². The van der Waals surface area contributed by atoms with Crippen LogP contribution in [0.25, 0.3) is 0 Å². The van der Waals surface area contributed by atoms with E-state index in [0.717, 1.165) is 12.8 Å². The SMILES string of the molecule is CC1CC2CC1CC2(F)F. The molecule has 0 saturated heterocycles. The van der Waals surface area contributed by atoms with E-state index in [1.807, 2.05) is 0 Å². The van der Waals surface area contributed by atoms with Gasteiger partial charge in [-0.3, -0.25) is 0 Å². The quantitative estimate of drug-likeness (QED) is 0.493. The smallest absolute Gasteiger partial charge is 0.207 e. The topological polar surface area (TPSA) is 0 Å². The zero-order chi connectivity index (χ0) is 7.35. The van der Waals surface area contributed by atoms with Gasteiger partial charge in [0.25, 0.3) is 5.92 Å². The van der Waals surface area contributed by atoms with Gasteiger partial charge in [0.1, 0.15) is 0 Å². The van der Waals surface area contributed by atoms with Gasteiger partial charge in [-0.05, 0) is 24.7 Å². The van der Waals surface area contributed by atoms with Crippen LogP contribution in [0.4, 0.5) is 8.78 Å². The summed E-state index contributed by atoms with van der Waals surface area (Å²) in [5.41, 5.74) is 0. The number of halogens is 2. The lowest BCUT2D eigenvalue weighted by molar-refractivity contribution is -0.0594. The van der Waals surface area contributed by atoms with Crippen molar-refractivity contribution in [2.45, 2.75) is 32.1 Å². The van der Waals surface area contributed by atoms with Crippen LogP contribution in [-0.2, 0) is 0 Å². The third kappa shape index (κ3) is 0.708. The van der Waals surface area contributed by atoms with Gasteiger partial charge in [0, 0.05) is 12.3 Å². The molecule has 2 rings (SSSR count). The van der Waals surface area contributed by atoms with Crippen LogP contribution >= 0.6 is 0 Å². The molecule has 0 radical (unpaired) electrons. The van der Waals surface area contributed by atoms with Gasteiger partial charge in [0.05, 0.1) is 0 Å². The van der Waals surface area contributed by atoms with Gasteiger partial charge >= 0.3 is 0 Å². The van der Waals surface area contributed by atoms with Crippen molar-refractivity contribution in [3.63, 3.8) is 0 Å². The first kappa shape index (κ1) is 6.56. The highest BCUT2D eigenvalue weighted by molar-refractivity contribution is 4.98. The number of rotatable bonds is 0. The van der Waals surface area contributed by atoms with Gasteiger partial charge in [-0.1, -0.05) is 6.92 Å². The molecule has 2 aliphatic rings. The lowest BCUT2D eigenvalue weighted by Gasteiger charge is -2.24. The molecule has 0 aromatic carbocycles. The molecule has 3 unspecified atom stereocenters. The average molecular weight is 146 g/mol. The fourth-order valence-electron chi connectivity index (χ4n) is 2.48. The lowest BCUT2D eigenvalue weighted by Crippen LogP contribution is -2.26. The van der Waals surface area contributed by atoms with Crippen LogP contribution < -0.4 is 0 Å². The second-order valence-electron chi connectivity index (χ2n) is 3.87. The largest absolute Gasteiger partial charge is 0.251 e. The molecule has 2 fully saturated rings. The summed E-state index contributed by atoms with van der Waals surface area (Å²) in [6.45, 7) is 2.10. The van der Waals surface area contributed by atoms with Crippen molar-refractivity contribution in [2.24, 2.45) is 17.8 Å². The molecule has 0 nitrogen and oxygen atoms in total. The monoisotopic (exact) mass is 146 g/mol. The van der Waals surface area contributed by atoms with E-state index in [0.29, 0.717) is 11.8 Å². The van der Waals surface area contributed by atoms with Crippen molar-refractivity contribution in [3.8, 4) is 0 Å². The van der Waals surface area contributed by atoms with E-state index in [1.54, 1.807) is 0 Å². The van der Waals surface area contributed by atoms with Crippen LogP contribution in [0.3, 0.4) is 0 Å². The Bertz CT molecular complexity index is 151. The molecule has 0 spiro atoms. The summed E-state index contributed by atoms with van der Waals surface area (Å²) in [5, 5.41) is 0. The first-order valence-electron chi connectivity index (χ1n) is 3.97. The Hall–Kier alpha value is -0.140. The summed E-state index contributed by atoms with van der Waals surface area (Å²) in [7, 11) is 0. The maximum atomic E-state index is 12.8. The molecule has 0 aromatic rings. The van der Waals surface area contributed by atoms with Crippen molar-refractivity contribution in [1.82, 2.24) is 0 Å². The summed E-state index contributed by atoms with van der Waals surface area (Å²) >= 11 is 0. The van der Waals surface area contributed by atoms with Crippen molar-refractivity contribution < 1.29 is 8.78 Å². The molecule has 2 bridgehead atoms. The highest BCUT2D eigenvalue weighted by Crippen LogP contribution is 2.55. The van der Waals surface area contributed by atoms with Crippen LogP contribution in [0.2, 0.25) is 0 Å². The Balaban J connectivity index is 2.16. The normalized spacial score (nSPS) is 50.1. The van der Waals surface area contributed by atoms with Crippen molar-refractivity contribution in [2.75, 3.05) is 0 Å². The van der Waals surface area contributed by atoms with E-state index in [2.05, 4.69) is 6.92 Å². The van der Waals surface area contributed by atoms with Gasteiger partial charge in [0.2, 0.25) is 0 Å². The van der Waals surface area contributed by atoms with Gasteiger partial charge in [-0.15, -0.1) is 0 Å². The van der Waals surface area contributed by atoms with Crippen LogP contribution in [-0.4, -0.2) is 5.92 Å². The first-order valence-corrected chi connectivity index (χ1v) is 3.97. The summed E-state index contributed by atoms with van der Waals surface area (Å²) in [4.78, 5) is 0. The zero-order valence-electron chi connectivity index (χ0n) is 6.11. The summed E-state index contributed by atoms with van der Waals surface area (Å²) in [5.74, 6) is -1.69. The molecule has 10 heavy (non-hydrogen) atoms. The minimum Gasteiger partial charge on any atom is -0.207 e. The predicted octanol–water partition coefficient (Wildman–Crippen LogP) is 2.69.